The van der Waals surface area contributed by atoms with E-state index in [1.165, 1.54) is 0 Å². The summed E-state index contributed by atoms with van der Waals surface area (Å²) in [7, 11) is 0. The van der Waals surface area contributed by atoms with Crippen LogP contribution >= 0.6 is 0 Å². The third-order valence-electron chi connectivity index (χ3n) is 4.59. The van der Waals surface area contributed by atoms with Crippen LogP contribution < -0.4 is 14.8 Å². The number of carbonyl (C=O) groups is 1. The summed E-state index contributed by atoms with van der Waals surface area (Å²) in [5, 5.41) is 2.90. The molecule has 0 aliphatic carbocycles. The molecule has 1 amide bonds. The van der Waals surface area contributed by atoms with Gasteiger partial charge in [-0.15, -0.1) is 0 Å². The third kappa shape index (κ3) is 3.05. The Morgan fingerprint density at radius 2 is 1.82 bits per heavy atom. The minimum absolute atomic E-state index is 0.173. The standard InChI is InChI=1S/C22H17N3O3/c26-22(20-13-27-18-10-3-4-11-19(18)28-20)23-15-7-5-6-14(12-15)21-24-16-8-1-2-9-17(16)25-21/h1-12,20H,13H2,(H,23,26)(H,24,25). The normalized spacial score (nSPS) is 15.4. The highest BCUT2D eigenvalue weighted by Crippen LogP contribution is 2.31. The fraction of sp³-hybridized carbons (Fsp3) is 0.0909. The molecule has 2 N–H and O–H groups in total. The van der Waals surface area contributed by atoms with Gasteiger partial charge in [0, 0.05) is 11.3 Å². The van der Waals surface area contributed by atoms with E-state index in [-0.39, 0.29) is 12.5 Å². The Labute approximate surface area is 161 Å². The molecule has 0 bridgehead atoms. The lowest BCUT2D eigenvalue weighted by Gasteiger charge is -2.25. The van der Waals surface area contributed by atoms with Crippen molar-refractivity contribution in [3.05, 3.63) is 72.8 Å². The number of anilines is 1. The molecule has 28 heavy (non-hydrogen) atoms. The molecule has 4 aromatic rings. The van der Waals surface area contributed by atoms with Gasteiger partial charge in [-0.3, -0.25) is 4.79 Å². The quantitative estimate of drug-likeness (QED) is 0.571. The minimum atomic E-state index is -0.704. The molecule has 6 nitrogen and oxygen atoms in total. The molecule has 6 heteroatoms. The smallest absolute Gasteiger partial charge is 0.269 e. The Morgan fingerprint density at radius 1 is 1.00 bits per heavy atom. The molecule has 1 atom stereocenters. The zero-order valence-electron chi connectivity index (χ0n) is 14.9. The van der Waals surface area contributed by atoms with E-state index in [0.29, 0.717) is 17.2 Å². The molecule has 0 saturated heterocycles. The van der Waals surface area contributed by atoms with Gasteiger partial charge in [-0.05, 0) is 36.4 Å². The number of benzene rings is 3. The van der Waals surface area contributed by atoms with Crippen LogP contribution in [0, 0.1) is 0 Å². The maximum Gasteiger partial charge on any atom is 0.269 e. The lowest BCUT2D eigenvalue weighted by molar-refractivity contribution is -0.125. The van der Waals surface area contributed by atoms with Crippen molar-refractivity contribution in [3.8, 4) is 22.9 Å². The van der Waals surface area contributed by atoms with Gasteiger partial charge < -0.3 is 19.8 Å². The van der Waals surface area contributed by atoms with Crippen molar-refractivity contribution >= 4 is 22.6 Å². The zero-order chi connectivity index (χ0) is 18.9. The zero-order valence-corrected chi connectivity index (χ0v) is 14.9. The molecular weight excluding hydrogens is 354 g/mol. The summed E-state index contributed by atoms with van der Waals surface area (Å²) in [5.41, 5.74) is 3.43. The molecule has 3 aromatic carbocycles. The highest BCUT2D eigenvalue weighted by Gasteiger charge is 2.27. The average Bonchev–Trinajstić information content (AvgIpc) is 3.18. The van der Waals surface area contributed by atoms with Gasteiger partial charge in [0.05, 0.1) is 11.0 Å². The van der Waals surface area contributed by atoms with Crippen LogP contribution in [0.4, 0.5) is 5.69 Å². The van der Waals surface area contributed by atoms with Crippen LogP contribution in [-0.2, 0) is 4.79 Å². The van der Waals surface area contributed by atoms with E-state index in [0.717, 1.165) is 22.4 Å². The van der Waals surface area contributed by atoms with E-state index in [9.17, 15) is 4.79 Å². The number of nitrogens with one attached hydrogen (secondary N) is 2. The van der Waals surface area contributed by atoms with E-state index in [1.54, 1.807) is 6.07 Å². The van der Waals surface area contributed by atoms with Crippen molar-refractivity contribution < 1.29 is 14.3 Å². The second-order valence-electron chi connectivity index (χ2n) is 6.54. The molecule has 1 unspecified atom stereocenters. The lowest BCUT2D eigenvalue weighted by Crippen LogP contribution is -2.40. The first kappa shape index (κ1) is 16.4. The molecule has 0 radical (unpaired) electrons. The molecule has 0 spiro atoms. The number of hydrogen-bond donors (Lipinski definition) is 2. The van der Waals surface area contributed by atoms with E-state index < -0.39 is 6.10 Å². The van der Waals surface area contributed by atoms with Crippen molar-refractivity contribution in [2.45, 2.75) is 6.10 Å². The van der Waals surface area contributed by atoms with Crippen molar-refractivity contribution in [3.63, 3.8) is 0 Å². The molecule has 2 heterocycles. The minimum Gasteiger partial charge on any atom is -0.485 e. The van der Waals surface area contributed by atoms with Crippen molar-refractivity contribution in [1.82, 2.24) is 9.97 Å². The maximum absolute atomic E-state index is 12.6. The second-order valence-corrected chi connectivity index (χ2v) is 6.54. The van der Waals surface area contributed by atoms with Crippen molar-refractivity contribution in [2.24, 2.45) is 0 Å². The largest absolute Gasteiger partial charge is 0.485 e. The Hall–Kier alpha value is -3.80. The molecule has 1 aliphatic rings. The van der Waals surface area contributed by atoms with Crippen molar-refractivity contribution in [1.29, 1.82) is 0 Å². The molecule has 1 aliphatic heterocycles. The fourth-order valence-electron chi connectivity index (χ4n) is 3.21. The van der Waals surface area contributed by atoms with E-state index in [1.807, 2.05) is 66.7 Å². The number of carbonyl (C=O) groups excluding carboxylic acids is 1. The molecule has 0 fully saturated rings. The van der Waals surface area contributed by atoms with Gasteiger partial charge in [-0.2, -0.15) is 0 Å². The summed E-state index contributed by atoms with van der Waals surface area (Å²) in [6, 6.07) is 22.7. The highest BCUT2D eigenvalue weighted by atomic mass is 16.6. The first-order chi connectivity index (χ1) is 13.8. The van der Waals surface area contributed by atoms with Crippen LogP contribution in [-0.4, -0.2) is 28.6 Å². The Kier molecular flexibility index (Phi) is 3.94. The van der Waals surface area contributed by atoms with Crippen LogP contribution in [0.25, 0.3) is 22.4 Å². The monoisotopic (exact) mass is 371 g/mol. The van der Waals surface area contributed by atoms with Crippen LogP contribution in [0.15, 0.2) is 72.8 Å². The summed E-state index contributed by atoms with van der Waals surface area (Å²) in [5.74, 6) is 1.73. The number of H-pyrrole nitrogens is 1. The van der Waals surface area contributed by atoms with Gasteiger partial charge in [-0.1, -0.05) is 36.4 Å². The molecule has 5 rings (SSSR count). The van der Waals surface area contributed by atoms with Crippen LogP contribution in [0.2, 0.25) is 0 Å². The number of rotatable bonds is 3. The van der Waals surface area contributed by atoms with Crippen LogP contribution in [0.5, 0.6) is 11.5 Å². The number of para-hydroxylation sites is 4. The Balaban J connectivity index is 1.35. The summed E-state index contributed by atoms with van der Waals surface area (Å²) in [6.45, 7) is 0.173. The van der Waals surface area contributed by atoms with E-state index in [4.69, 9.17) is 9.47 Å². The molecule has 1 aromatic heterocycles. The lowest BCUT2D eigenvalue weighted by atomic mass is 10.2. The number of nitrogens with zero attached hydrogens (tertiary/aromatic N) is 1. The van der Waals surface area contributed by atoms with Crippen molar-refractivity contribution in [2.75, 3.05) is 11.9 Å². The predicted octanol–water partition coefficient (Wildman–Crippen LogP) is 4.01. The number of ether oxygens (including phenoxy) is 2. The van der Waals surface area contributed by atoms with Crippen LogP contribution in [0.1, 0.15) is 0 Å². The summed E-state index contributed by atoms with van der Waals surface area (Å²) >= 11 is 0. The van der Waals surface area contributed by atoms with Gasteiger partial charge in [-0.25, -0.2) is 4.98 Å². The van der Waals surface area contributed by atoms with Gasteiger partial charge >= 0.3 is 0 Å². The molecule has 138 valence electrons. The average molecular weight is 371 g/mol. The first-order valence-electron chi connectivity index (χ1n) is 9.01. The Morgan fingerprint density at radius 3 is 2.71 bits per heavy atom. The second kappa shape index (κ2) is 6.74. The first-order valence-corrected chi connectivity index (χ1v) is 9.01. The highest BCUT2D eigenvalue weighted by molar-refractivity contribution is 5.95. The van der Waals surface area contributed by atoms with Gasteiger partial charge in [0.15, 0.2) is 11.5 Å². The Bertz CT molecular complexity index is 1140. The van der Waals surface area contributed by atoms with E-state index >= 15 is 0 Å². The van der Waals surface area contributed by atoms with Gasteiger partial charge in [0.2, 0.25) is 6.10 Å². The van der Waals surface area contributed by atoms with Gasteiger partial charge in [0.1, 0.15) is 12.4 Å². The van der Waals surface area contributed by atoms with Crippen LogP contribution in [0.3, 0.4) is 0 Å². The third-order valence-corrected chi connectivity index (χ3v) is 4.59. The predicted molar refractivity (Wildman–Crippen MR) is 107 cm³/mol. The number of aromatic amines is 1. The molecule has 0 saturated carbocycles. The number of amides is 1. The number of aromatic nitrogens is 2. The SMILES string of the molecule is O=C(Nc1cccc(-c2nc3ccccc3[nH]2)c1)C1COc2ccccc2O1. The fourth-order valence-corrected chi connectivity index (χ4v) is 3.21. The number of imidazole rings is 1. The maximum atomic E-state index is 12.6. The summed E-state index contributed by atoms with van der Waals surface area (Å²) in [4.78, 5) is 20.5. The summed E-state index contributed by atoms with van der Waals surface area (Å²) in [6.07, 6.45) is -0.704. The summed E-state index contributed by atoms with van der Waals surface area (Å²) < 4.78 is 11.4. The molecular formula is C22H17N3O3. The van der Waals surface area contributed by atoms with Gasteiger partial charge in [0.25, 0.3) is 5.91 Å². The number of fused-ring (bicyclic) bond motifs is 2. The topological polar surface area (TPSA) is 76.2 Å². The number of hydrogen-bond acceptors (Lipinski definition) is 4. The van der Waals surface area contributed by atoms with E-state index in [2.05, 4.69) is 15.3 Å².